The molecule has 2 rings (SSSR count). The van der Waals surface area contributed by atoms with Gasteiger partial charge in [-0.1, -0.05) is 58.0 Å². The van der Waals surface area contributed by atoms with Crippen molar-refractivity contribution in [3.05, 3.63) is 35.9 Å². The monoisotopic (exact) mass is 345 g/mol. The zero-order valence-corrected chi connectivity index (χ0v) is 15.8. The summed E-state index contributed by atoms with van der Waals surface area (Å²) >= 11 is 0. The minimum absolute atomic E-state index is 0.0104. The van der Waals surface area contributed by atoms with Crippen LogP contribution in [0.1, 0.15) is 52.1 Å². The van der Waals surface area contributed by atoms with Crippen molar-refractivity contribution in [3.63, 3.8) is 0 Å². The Morgan fingerprint density at radius 1 is 1.04 bits per heavy atom. The highest BCUT2D eigenvalue weighted by atomic mass is 16.2. The molecule has 0 spiro atoms. The number of amides is 3. The third-order valence-electron chi connectivity index (χ3n) is 4.75. The van der Waals surface area contributed by atoms with Gasteiger partial charge in [-0.2, -0.15) is 0 Å². The number of benzene rings is 1. The van der Waals surface area contributed by atoms with Crippen LogP contribution in [0.25, 0.3) is 0 Å². The summed E-state index contributed by atoms with van der Waals surface area (Å²) in [5.74, 6) is 0.538. The van der Waals surface area contributed by atoms with Gasteiger partial charge in [-0.15, -0.1) is 0 Å². The highest BCUT2D eigenvalue weighted by Crippen LogP contribution is 2.21. The van der Waals surface area contributed by atoms with E-state index in [1.54, 1.807) is 0 Å². The van der Waals surface area contributed by atoms with Crippen LogP contribution in [0.4, 0.5) is 4.79 Å². The van der Waals surface area contributed by atoms with E-state index in [-0.39, 0.29) is 29.9 Å². The summed E-state index contributed by atoms with van der Waals surface area (Å²) in [7, 11) is 0. The molecule has 5 heteroatoms. The lowest BCUT2D eigenvalue weighted by atomic mass is 9.96. The van der Waals surface area contributed by atoms with Gasteiger partial charge < -0.3 is 15.5 Å². The number of piperidine rings is 1. The number of carbonyl (C=O) groups excluding carboxylic acids is 2. The van der Waals surface area contributed by atoms with Gasteiger partial charge in [-0.25, -0.2) is 4.79 Å². The van der Waals surface area contributed by atoms with Crippen molar-refractivity contribution in [3.8, 4) is 0 Å². The minimum Gasteiger partial charge on any atom is -0.342 e. The Morgan fingerprint density at radius 2 is 1.64 bits per heavy atom. The Morgan fingerprint density at radius 3 is 2.16 bits per heavy atom. The Labute approximate surface area is 151 Å². The number of carbonyl (C=O) groups is 2. The second-order valence-electron chi connectivity index (χ2n) is 7.50. The molecule has 2 N–H and O–H groups in total. The highest BCUT2D eigenvalue weighted by Gasteiger charge is 2.26. The van der Waals surface area contributed by atoms with Crippen LogP contribution in [0.5, 0.6) is 0 Å². The van der Waals surface area contributed by atoms with Crippen LogP contribution in [0, 0.1) is 11.8 Å². The molecule has 1 heterocycles. The molecule has 0 aromatic heterocycles. The molecule has 5 nitrogen and oxygen atoms in total. The predicted octanol–water partition coefficient (Wildman–Crippen LogP) is 3.33. The van der Waals surface area contributed by atoms with E-state index >= 15 is 0 Å². The maximum atomic E-state index is 12.4. The van der Waals surface area contributed by atoms with E-state index < -0.39 is 0 Å². The van der Waals surface area contributed by atoms with Gasteiger partial charge in [-0.05, 0) is 24.3 Å². The smallest absolute Gasteiger partial charge is 0.315 e. The summed E-state index contributed by atoms with van der Waals surface area (Å²) in [6.07, 6.45) is 1.62. The van der Waals surface area contributed by atoms with Crippen molar-refractivity contribution in [1.29, 1.82) is 0 Å². The predicted molar refractivity (Wildman–Crippen MR) is 100 cm³/mol. The Balaban J connectivity index is 1.85. The summed E-state index contributed by atoms with van der Waals surface area (Å²) in [5, 5.41) is 6.18. The van der Waals surface area contributed by atoms with E-state index in [4.69, 9.17) is 0 Å². The number of nitrogens with zero attached hydrogens (tertiary/aromatic N) is 1. The fourth-order valence-electron chi connectivity index (χ4n) is 3.27. The molecule has 1 fully saturated rings. The van der Waals surface area contributed by atoms with Crippen molar-refractivity contribution in [2.24, 2.45) is 11.8 Å². The molecule has 1 saturated heterocycles. The molecule has 0 aliphatic carbocycles. The highest BCUT2D eigenvalue weighted by molar-refractivity contribution is 5.78. The Bertz CT molecular complexity index is 564. The molecule has 1 aromatic rings. The van der Waals surface area contributed by atoms with E-state index in [0.717, 1.165) is 18.4 Å². The van der Waals surface area contributed by atoms with Crippen LogP contribution in [-0.2, 0) is 4.79 Å². The number of likely N-dealkylation sites (tertiary alicyclic amines) is 1. The molecule has 0 saturated carbocycles. The lowest BCUT2D eigenvalue weighted by Gasteiger charge is -2.34. The molecular formula is C20H31N3O2. The van der Waals surface area contributed by atoms with Gasteiger partial charge in [-0.3, -0.25) is 4.79 Å². The zero-order chi connectivity index (χ0) is 18.4. The van der Waals surface area contributed by atoms with Gasteiger partial charge in [0.15, 0.2) is 0 Å². The molecule has 1 aromatic carbocycles. The summed E-state index contributed by atoms with van der Waals surface area (Å²) in [6.45, 7) is 9.50. The van der Waals surface area contributed by atoms with Gasteiger partial charge in [0.2, 0.25) is 5.91 Å². The molecule has 1 aliphatic heterocycles. The van der Waals surface area contributed by atoms with Crippen molar-refractivity contribution < 1.29 is 9.59 Å². The average Bonchev–Trinajstić information content (AvgIpc) is 2.60. The molecule has 1 atom stereocenters. The molecule has 0 unspecified atom stereocenters. The maximum absolute atomic E-state index is 12.4. The first-order valence-corrected chi connectivity index (χ1v) is 9.29. The standard InChI is InChI=1S/C20H31N3O2/c1-14(2)18(16-8-6-5-7-9-16)22-20(25)21-17-10-12-23(13-11-17)19(24)15(3)4/h5-9,14-15,17-18H,10-13H2,1-4H3,(H2,21,22,25)/t18-/m1/s1. The number of hydrogen-bond donors (Lipinski definition) is 2. The molecule has 1 aliphatic rings. The summed E-state index contributed by atoms with van der Waals surface area (Å²) in [4.78, 5) is 26.4. The summed E-state index contributed by atoms with van der Waals surface area (Å²) < 4.78 is 0. The topological polar surface area (TPSA) is 61.4 Å². The second kappa shape index (κ2) is 8.88. The molecule has 0 radical (unpaired) electrons. The van der Waals surface area contributed by atoms with Crippen LogP contribution in [-0.4, -0.2) is 36.0 Å². The van der Waals surface area contributed by atoms with Gasteiger partial charge in [0.05, 0.1) is 6.04 Å². The molecule has 25 heavy (non-hydrogen) atoms. The first-order chi connectivity index (χ1) is 11.9. The van der Waals surface area contributed by atoms with Crippen molar-refractivity contribution >= 4 is 11.9 Å². The van der Waals surface area contributed by atoms with Crippen LogP contribution in [0.3, 0.4) is 0 Å². The minimum atomic E-state index is -0.129. The second-order valence-corrected chi connectivity index (χ2v) is 7.50. The normalized spacial score (nSPS) is 16.8. The van der Waals surface area contributed by atoms with E-state index in [1.807, 2.05) is 49.1 Å². The fraction of sp³-hybridized carbons (Fsp3) is 0.600. The van der Waals surface area contributed by atoms with E-state index in [9.17, 15) is 9.59 Å². The molecular weight excluding hydrogens is 314 g/mol. The lowest BCUT2D eigenvalue weighted by Crippen LogP contribution is -2.50. The van der Waals surface area contributed by atoms with E-state index in [2.05, 4.69) is 24.5 Å². The van der Waals surface area contributed by atoms with Gasteiger partial charge >= 0.3 is 6.03 Å². The van der Waals surface area contributed by atoms with E-state index in [0.29, 0.717) is 19.0 Å². The van der Waals surface area contributed by atoms with Gasteiger partial charge in [0.1, 0.15) is 0 Å². The first kappa shape index (κ1) is 19.3. The third kappa shape index (κ3) is 5.48. The lowest BCUT2D eigenvalue weighted by molar-refractivity contribution is -0.135. The number of nitrogens with one attached hydrogen (secondary N) is 2. The number of rotatable bonds is 5. The fourth-order valence-corrected chi connectivity index (χ4v) is 3.27. The average molecular weight is 345 g/mol. The van der Waals surface area contributed by atoms with Crippen LogP contribution in [0.2, 0.25) is 0 Å². The van der Waals surface area contributed by atoms with Crippen molar-refractivity contribution in [2.75, 3.05) is 13.1 Å². The largest absolute Gasteiger partial charge is 0.342 e. The van der Waals surface area contributed by atoms with Crippen molar-refractivity contribution in [2.45, 2.75) is 52.6 Å². The van der Waals surface area contributed by atoms with Crippen LogP contribution in [0.15, 0.2) is 30.3 Å². The van der Waals surface area contributed by atoms with Gasteiger partial charge in [0.25, 0.3) is 0 Å². The quantitative estimate of drug-likeness (QED) is 0.860. The Hall–Kier alpha value is -2.04. The molecule has 0 bridgehead atoms. The van der Waals surface area contributed by atoms with Gasteiger partial charge in [0, 0.05) is 25.0 Å². The van der Waals surface area contributed by atoms with Crippen LogP contribution >= 0.6 is 0 Å². The molecule has 3 amide bonds. The Kier molecular flexibility index (Phi) is 6.85. The zero-order valence-electron chi connectivity index (χ0n) is 15.8. The number of urea groups is 1. The van der Waals surface area contributed by atoms with Crippen molar-refractivity contribution in [1.82, 2.24) is 15.5 Å². The number of hydrogen-bond acceptors (Lipinski definition) is 2. The first-order valence-electron chi connectivity index (χ1n) is 9.29. The SMILES string of the molecule is CC(C)C(=O)N1CCC(NC(=O)N[C@@H](c2ccccc2)C(C)C)CC1. The summed E-state index contributed by atoms with van der Waals surface area (Å²) in [6, 6.07) is 10.0. The summed E-state index contributed by atoms with van der Waals surface area (Å²) in [5.41, 5.74) is 1.12. The molecule has 138 valence electrons. The van der Waals surface area contributed by atoms with Crippen LogP contribution < -0.4 is 10.6 Å². The van der Waals surface area contributed by atoms with E-state index in [1.165, 1.54) is 0 Å². The maximum Gasteiger partial charge on any atom is 0.315 e. The third-order valence-corrected chi connectivity index (χ3v) is 4.75.